The largest absolute Gasteiger partial charge is 0.508 e. The fourth-order valence-corrected chi connectivity index (χ4v) is 3.68. The van der Waals surface area contributed by atoms with Crippen molar-refractivity contribution in [3.05, 3.63) is 95.6 Å². The van der Waals surface area contributed by atoms with E-state index in [2.05, 4.69) is 10.6 Å². The van der Waals surface area contributed by atoms with Crippen molar-refractivity contribution in [2.24, 2.45) is 11.5 Å². The summed E-state index contributed by atoms with van der Waals surface area (Å²) in [6, 6.07) is 18.7. The van der Waals surface area contributed by atoms with Crippen molar-refractivity contribution in [2.45, 2.75) is 37.4 Å². The molecule has 0 saturated heterocycles. The number of phenols is 2. The van der Waals surface area contributed by atoms with Gasteiger partial charge in [0, 0.05) is 12.8 Å². The van der Waals surface area contributed by atoms with E-state index in [1.807, 2.05) is 30.3 Å². The van der Waals surface area contributed by atoms with Gasteiger partial charge in [0.15, 0.2) is 0 Å². The number of nitrogens with two attached hydrogens (primary N) is 2. The number of amides is 3. The van der Waals surface area contributed by atoms with Crippen molar-refractivity contribution < 1.29 is 24.6 Å². The summed E-state index contributed by atoms with van der Waals surface area (Å²) in [5.41, 5.74) is 13.9. The number of carbonyl (C=O) groups excluding carboxylic acids is 3. The Morgan fingerprint density at radius 1 is 0.639 bits per heavy atom. The van der Waals surface area contributed by atoms with Gasteiger partial charge in [-0.3, -0.25) is 14.4 Å². The molecule has 36 heavy (non-hydrogen) atoms. The van der Waals surface area contributed by atoms with Crippen LogP contribution in [0.15, 0.2) is 78.9 Å². The Morgan fingerprint density at radius 3 is 1.61 bits per heavy atom. The third-order valence-corrected chi connectivity index (χ3v) is 5.68. The topological polar surface area (TPSA) is 168 Å². The van der Waals surface area contributed by atoms with Crippen LogP contribution in [0.3, 0.4) is 0 Å². The van der Waals surface area contributed by atoms with Crippen LogP contribution < -0.4 is 22.1 Å². The van der Waals surface area contributed by atoms with Crippen LogP contribution in [-0.2, 0) is 33.6 Å². The fraction of sp³-hybridized carbons (Fsp3) is 0.222. The van der Waals surface area contributed by atoms with Crippen molar-refractivity contribution in [3.8, 4) is 11.5 Å². The van der Waals surface area contributed by atoms with Crippen LogP contribution in [0, 0.1) is 0 Å². The maximum atomic E-state index is 13.2. The number of hydrogen-bond donors (Lipinski definition) is 6. The second kappa shape index (κ2) is 12.4. The van der Waals surface area contributed by atoms with Gasteiger partial charge in [0.2, 0.25) is 17.7 Å². The van der Waals surface area contributed by atoms with Crippen LogP contribution in [0.5, 0.6) is 11.5 Å². The maximum Gasteiger partial charge on any atom is 0.243 e. The van der Waals surface area contributed by atoms with E-state index >= 15 is 0 Å². The van der Waals surface area contributed by atoms with Gasteiger partial charge in [-0.05, 0) is 47.4 Å². The first-order chi connectivity index (χ1) is 17.2. The van der Waals surface area contributed by atoms with Crippen molar-refractivity contribution in [2.75, 3.05) is 0 Å². The number of phenolic OH excluding ortho intramolecular Hbond substituents is 2. The first kappa shape index (κ1) is 26.2. The molecule has 0 aromatic heterocycles. The summed E-state index contributed by atoms with van der Waals surface area (Å²) >= 11 is 0. The van der Waals surface area contributed by atoms with E-state index in [9.17, 15) is 24.6 Å². The molecule has 0 aliphatic heterocycles. The lowest BCUT2D eigenvalue weighted by Crippen LogP contribution is -2.56. The van der Waals surface area contributed by atoms with Crippen molar-refractivity contribution in [3.63, 3.8) is 0 Å². The lowest BCUT2D eigenvalue weighted by Gasteiger charge is -2.23. The van der Waals surface area contributed by atoms with Gasteiger partial charge < -0.3 is 32.3 Å². The summed E-state index contributed by atoms with van der Waals surface area (Å²) in [5, 5.41) is 24.3. The summed E-state index contributed by atoms with van der Waals surface area (Å²) in [5.74, 6) is -1.68. The molecule has 3 rings (SSSR count). The highest BCUT2D eigenvalue weighted by Crippen LogP contribution is 2.13. The van der Waals surface area contributed by atoms with Crippen molar-refractivity contribution in [1.29, 1.82) is 0 Å². The van der Waals surface area contributed by atoms with Gasteiger partial charge in [-0.1, -0.05) is 54.6 Å². The third-order valence-electron chi connectivity index (χ3n) is 5.68. The van der Waals surface area contributed by atoms with E-state index in [1.54, 1.807) is 24.3 Å². The quantitative estimate of drug-likeness (QED) is 0.233. The predicted octanol–water partition coefficient (Wildman–Crippen LogP) is 0.908. The second-order valence-electron chi connectivity index (χ2n) is 8.56. The Hall–Kier alpha value is -4.37. The number of rotatable bonds is 11. The van der Waals surface area contributed by atoms with Gasteiger partial charge in [0.1, 0.15) is 23.6 Å². The van der Waals surface area contributed by atoms with E-state index in [4.69, 9.17) is 11.5 Å². The number of nitrogens with one attached hydrogen (secondary N) is 2. The highest BCUT2D eigenvalue weighted by molar-refractivity contribution is 5.93. The lowest BCUT2D eigenvalue weighted by atomic mass is 10.0. The van der Waals surface area contributed by atoms with Gasteiger partial charge in [-0.25, -0.2) is 0 Å². The molecule has 0 radical (unpaired) electrons. The smallest absolute Gasteiger partial charge is 0.243 e. The molecule has 188 valence electrons. The average molecular weight is 491 g/mol. The summed E-state index contributed by atoms with van der Waals surface area (Å²) in [6.07, 6.45) is 0.486. The van der Waals surface area contributed by atoms with Crippen LogP contribution in [-0.4, -0.2) is 46.1 Å². The van der Waals surface area contributed by atoms with Crippen LogP contribution in [0.25, 0.3) is 0 Å². The van der Waals surface area contributed by atoms with Gasteiger partial charge in [0.25, 0.3) is 0 Å². The average Bonchev–Trinajstić information content (AvgIpc) is 2.86. The Labute approximate surface area is 209 Å². The monoisotopic (exact) mass is 490 g/mol. The zero-order valence-electron chi connectivity index (χ0n) is 19.6. The van der Waals surface area contributed by atoms with Crippen molar-refractivity contribution >= 4 is 17.7 Å². The molecule has 0 spiro atoms. The first-order valence-electron chi connectivity index (χ1n) is 11.5. The minimum atomic E-state index is -1.05. The van der Waals surface area contributed by atoms with Crippen molar-refractivity contribution in [1.82, 2.24) is 10.6 Å². The molecular weight excluding hydrogens is 460 g/mol. The SMILES string of the molecule is NC(=O)[C@H](Cc1ccccc1)NC(=O)[C@H](Cc1ccc(O)cc1)NC(=O)[C@@H](N)Cc1ccc(O)cc1. The third kappa shape index (κ3) is 7.85. The molecule has 3 atom stereocenters. The summed E-state index contributed by atoms with van der Waals surface area (Å²) in [7, 11) is 0. The van der Waals surface area contributed by atoms with Crippen LogP contribution in [0.2, 0.25) is 0 Å². The van der Waals surface area contributed by atoms with Gasteiger partial charge in [0.05, 0.1) is 6.04 Å². The van der Waals surface area contributed by atoms with Crippen LogP contribution in [0.4, 0.5) is 0 Å². The Kier molecular flexibility index (Phi) is 9.01. The van der Waals surface area contributed by atoms with E-state index in [0.29, 0.717) is 5.56 Å². The second-order valence-corrected chi connectivity index (χ2v) is 8.56. The van der Waals surface area contributed by atoms with E-state index in [0.717, 1.165) is 11.1 Å². The predicted molar refractivity (Wildman–Crippen MR) is 135 cm³/mol. The number of hydrogen-bond acceptors (Lipinski definition) is 6. The van der Waals surface area contributed by atoms with Gasteiger partial charge in [-0.2, -0.15) is 0 Å². The number of benzene rings is 3. The Bertz CT molecular complexity index is 1170. The van der Waals surface area contributed by atoms with E-state index in [1.165, 1.54) is 24.3 Å². The zero-order chi connectivity index (χ0) is 26.1. The summed E-state index contributed by atoms with van der Waals surface area (Å²) in [6.45, 7) is 0. The molecular formula is C27H30N4O5. The molecule has 0 saturated carbocycles. The fourth-order valence-electron chi connectivity index (χ4n) is 3.68. The molecule has 3 aromatic rings. The molecule has 8 N–H and O–H groups in total. The molecule has 0 heterocycles. The number of primary amides is 1. The van der Waals surface area contributed by atoms with Gasteiger partial charge in [-0.15, -0.1) is 0 Å². The summed E-state index contributed by atoms with van der Waals surface area (Å²) in [4.78, 5) is 38.2. The van der Waals surface area contributed by atoms with Gasteiger partial charge >= 0.3 is 0 Å². The maximum absolute atomic E-state index is 13.2. The Balaban J connectivity index is 1.74. The molecule has 9 nitrogen and oxygen atoms in total. The molecule has 0 fully saturated rings. The van der Waals surface area contributed by atoms with Crippen LogP contribution >= 0.6 is 0 Å². The van der Waals surface area contributed by atoms with E-state index < -0.39 is 35.8 Å². The van der Waals surface area contributed by atoms with Crippen LogP contribution in [0.1, 0.15) is 16.7 Å². The summed E-state index contributed by atoms with van der Waals surface area (Å²) < 4.78 is 0. The molecule has 9 heteroatoms. The lowest BCUT2D eigenvalue weighted by molar-refractivity contribution is -0.131. The minimum Gasteiger partial charge on any atom is -0.508 e. The normalized spacial score (nSPS) is 13.2. The molecule has 3 aromatic carbocycles. The number of carbonyl (C=O) groups is 3. The highest BCUT2D eigenvalue weighted by Gasteiger charge is 2.28. The Morgan fingerprint density at radius 2 is 1.08 bits per heavy atom. The molecule has 0 aliphatic rings. The molecule has 3 amide bonds. The first-order valence-corrected chi connectivity index (χ1v) is 11.5. The molecule has 0 unspecified atom stereocenters. The number of aromatic hydroxyl groups is 2. The standard InChI is InChI=1S/C27H30N4O5/c28-22(14-18-6-10-20(32)11-7-18)26(35)31-24(16-19-8-12-21(33)13-9-19)27(36)30-23(25(29)34)15-17-4-2-1-3-5-17/h1-13,22-24,32-33H,14-16,28H2,(H2,29,34)(H,30,36)(H,31,35)/t22-,23-,24-/m0/s1. The molecule has 0 bridgehead atoms. The highest BCUT2D eigenvalue weighted by atomic mass is 16.3. The molecule has 0 aliphatic carbocycles. The zero-order valence-corrected chi connectivity index (χ0v) is 19.6. The van der Waals surface area contributed by atoms with E-state index in [-0.39, 0.29) is 30.8 Å². The minimum absolute atomic E-state index is 0.0661.